The van der Waals surface area contributed by atoms with Crippen LogP contribution in [0.5, 0.6) is 28.7 Å². The van der Waals surface area contributed by atoms with E-state index in [9.17, 15) is 19.2 Å². The van der Waals surface area contributed by atoms with Gasteiger partial charge in [-0.05, 0) is 250 Å². The number of rotatable bonds is 8. The van der Waals surface area contributed by atoms with Gasteiger partial charge in [0.1, 0.15) is 67.1 Å². The molecule has 17 rings (SSSR count). The largest absolute Gasteiger partial charge is 0.488 e. The van der Waals surface area contributed by atoms with Gasteiger partial charge in [-0.2, -0.15) is 5.26 Å². The summed E-state index contributed by atoms with van der Waals surface area (Å²) in [5, 5.41) is 20.5. The van der Waals surface area contributed by atoms with Crippen LogP contribution in [0.3, 0.4) is 0 Å². The average Bonchev–Trinajstić information content (AvgIpc) is 1.30. The molecule has 0 saturated heterocycles. The van der Waals surface area contributed by atoms with Gasteiger partial charge in [0.25, 0.3) is 0 Å². The molecule has 5 heterocycles. The van der Waals surface area contributed by atoms with Crippen LogP contribution in [0.15, 0.2) is 191 Å². The van der Waals surface area contributed by atoms with Gasteiger partial charge in [-0.3, -0.25) is 19.2 Å². The molecule has 10 aromatic carbocycles. The van der Waals surface area contributed by atoms with Gasteiger partial charge in [0.05, 0.1) is 6.07 Å². The number of nitriles is 1. The summed E-state index contributed by atoms with van der Waals surface area (Å²) < 4.78 is 29.3. The first-order valence-electron chi connectivity index (χ1n) is 35.1. The minimum Gasteiger partial charge on any atom is -0.488 e. The van der Waals surface area contributed by atoms with Gasteiger partial charge in [-0.15, -0.1) is 0 Å². The molecule has 2 atom stereocenters. The summed E-state index contributed by atoms with van der Waals surface area (Å²) in [5.41, 5.74) is 15.7. The second-order valence-electron chi connectivity index (χ2n) is 28.4. The molecule has 2 saturated carbocycles. The second kappa shape index (κ2) is 30.0. The summed E-state index contributed by atoms with van der Waals surface area (Å²) in [5.74, 6) is 4.91. The number of Topliss-reactive ketones (excluding diaryl/α,β-unsaturated/α-hetero) is 3. The lowest BCUT2D eigenvalue weighted by Gasteiger charge is -2.30. The molecule has 0 spiro atoms. The van der Waals surface area contributed by atoms with E-state index < -0.39 is 0 Å². The van der Waals surface area contributed by atoms with Crippen LogP contribution in [-0.2, 0) is 19.2 Å². The lowest BCUT2D eigenvalue weighted by molar-refractivity contribution is -0.117. The summed E-state index contributed by atoms with van der Waals surface area (Å²) >= 11 is 0. The average molecular weight is 1380 g/mol. The fourth-order valence-electron chi connectivity index (χ4n) is 13.7. The number of allylic oxidation sites excluding steroid dienone is 1. The van der Waals surface area contributed by atoms with Crippen LogP contribution in [0.4, 0.5) is 28.4 Å². The predicted octanol–water partition coefficient (Wildman–Crippen LogP) is 17.5. The Bertz CT molecular complexity index is 5390. The van der Waals surface area contributed by atoms with E-state index in [0.29, 0.717) is 43.8 Å². The summed E-state index contributed by atoms with van der Waals surface area (Å²) in [6, 6.07) is 54.9. The van der Waals surface area contributed by atoms with Crippen molar-refractivity contribution in [2.45, 2.75) is 58.2 Å². The number of benzene rings is 10. The Kier molecular flexibility index (Phi) is 20.3. The molecule has 104 heavy (non-hydrogen) atoms. The van der Waals surface area contributed by atoms with Crippen molar-refractivity contribution in [3.63, 3.8) is 0 Å². The van der Waals surface area contributed by atoms with Crippen LogP contribution < -0.4 is 48.2 Å². The standard InChI is InChI=1S/C19H18N2O.C19H19NO2.C18H17NO2.C17H17NO2.C16H15NO2/c1-13(11-20)6-14-7-17-8-15-4-5-18(21(2)3)9-16(15)10-19(17)22-12-14;1-20(2)15-7-6-12-8-14-10-16-17(21)4-3-5-18(16)22-19(14)11-13(12)9-15;1-19(2)14-4-3-11-7-13-9-15-16(20)5-6-17(15)21-18(13)10-12(11)8-14;1-11(19)15-7-14-6-12-4-5-16(18(2)3)8-13(12)9-17(14)20-10-15;1-17(2)15-4-3-12-6-14-5-11(9-18)10-19-16(14)8-13(12)7-15/h4-10H,12H2,1-3H3;6-11,18H,3-5H2,1-2H3;3-4,7-10,17H,5-6H2,1-2H3;4-9H,10H2,1-3H3;3-9H,10H2,1-2H3/b13-6-;;;;. The summed E-state index contributed by atoms with van der Waals surface area (Å²) in [6.07, 6.45) is 16.5. The topological polar surface area (TPSA) is 154 Å². The third-order valence-corrected chi connectivity index (χ3v) is 19.7. The van der Waals surface area contributed by atoms with Gasteiger partial charge in [0, 0.05) is 167 Å². The summed E-state index contributed by atoms with van der Waals surface area (Å²) in [6.45, 7) is 4.60. The third-order valence-electron chi connectivity index (χ3n) is 19.7. The van der Waals surface area contributed by atoms with E-state index in [4.69, 9.17) is 28.9 Å². The molecule has 2 fully saturated rings. The molecular formula is C89H86N6O9. The van der Waals surface area contributed by atoms with Crippen molar-refractivity contribution in [2.75, 3.05) is 115 Å². The number of carbonyl (C=O) groups is 4. The highest BCUT2D eigenvalue weighted by Gasteiger charge is 2.34. The minimum absolute atomic E-state index is 0.0421. The lowest BCUT2D eigenvalue weighted by atomic mass is 9.87. The number of aldehydes is 1. The Morgan fingerprint density at radius 2 is 0.740 bits per heavy atom. The molecule has 0 radical (unpaired) electrons. The molecule has 0 amide bonds. The van der Waals surface area contributed by atoms with E-state index in [-0.39, 0.29) is 29.6 Å². The molecule has 15 nitrogen and oxygen atoms in total. The maximum absolute atomic E-state index is 12.1. The number of anilines is 5. The number of hydrogen-bond donors (Lipinski definition) is 0. The van der Waals surface area contributed by atoms with Crippen molar-refractivity contribution in [1.82, 2.24) is 0 Å². The lowest BCUT2D eigenvalue weighted by Crippen LogP contribution is -2.31. The maximum atomic E-state index is 12.1. The van der Waals surface area contributed by atoms with E-state index in [1.54, 1.807) is 13.8 Å². The summed E-state index contributed by atoms with van der Waals surface area (Å²) in [4.78, 5) is 56.6. The summed E-state index contributed by atoms with van der Waals surface area (Å²) in [7, 11) is 20.3. The highest BCUT2D eigenvalue weighted by atomic mass is 16.5. The fourth-order valence-corrected chi connectivity index (χ4v) is 13.7. The van der Waals surface area contributed by atoms with Crippen LogP contribution >= 0.6 is 0 Å². The van der Waals surface area contributed by atoms with E-state index >= 15 is 0 Å². The second-order valence-corrected chi connectivity index (χ2v) is 28.4. The highest BCUT2D eigenvalue weighted by molar-refractivity contribution is 6.06. The quantitative estimate of drug-likeness (QED) is 0.105. The van der Waals surface area contributed by atoms with E-state index in [1.807, 2.05) is 113 Å². The van der Waals surface area contributed by atoms with Crippen molar-refractivity contribution in [3.8, 4) is 34.8 Å². The highest BCUT2D eigenvalue weighted by Crippen LogP contribution is 2.42. The SMILES string of the molecule is C/C(C#N)=C/C1=Cc2cc3ccc(N(C)C)cc3cc2OC1.CC(=O)C1=Cc2cc3ccc(N(C)C)cc3cc2OC1.CN(C)c1ccc2cc3c(cc2c1)OC1CCC(=O)C1=C3.CN(C)c1ccc2cc3c(cc2c1)OC1CCCC(=O)C1=C3.CN(C)c1ccc2cc3c(cc2c1)OCC(C=O)=C3. The predicted molar refractivity (Wildman–Crippen MR) is 426 cm³/mol. The molecule has 10 aromatic rings. The molecule has 526 valence electrons. The van der Waals surface area contributed by atoms with Gasteiger partial charge >= 0.3 is 0 Å². The monoisotopic (exact) mass is 1380 g/mol. The van der Waals surface area contributed by atoms with E-state index in [0.717, 1.165) is 137 Å². The third kappa shape index (κ3) is 15.5. The van der Waals surface area contributed by atoms with Crippen LogP contribution in [0.1, 0.15) is 73.8 Å². The fraction of sp³-hybridized carbons (Fsp3) is 0.247. The van der Waals surface area contributed by atoms with Crippen molar-refractivity contribution >= 4 is 136 Å². The van der Waals surface area contributed by atoms with E-state index in [2.05, 4.69) is 176 Å². The molecule has 5 aliphatic heterocycles. The Labute approximate surface area is 608 Å². The Morgan fingerprint density at radius 3 is 1.12 bits per heavy atom. The number of fused-ring (bicyclic) bond motifs is 12. The normalized spacial score (nSPS) is 16.2. The Balaban J connectivity index is 0.000000116. The first kappa shape index (κ1) is 70.5. The number of nitrogens with zero attached hydrogens (tertiary/aromatic N) is 6. The molecule has 0 aromatic heterocycles. The van der Waals surface area contributed by atoms with Gasteiger partial charge < -0.3 is 48.2 Å². The molecular weight excluding hydrogens is 1300 g/mol. The van der Waals surface area contributed by atoms with E-state index in [1.165, 1.54) is 49.4 Å². The first-order valence-corrected chi connectivity index (χ1v) is 35.1. The van der Waals surface area contributed by atoms with Crippen LogP contribution in [-0.4, -0.2) is 126 Å². The zero-order valence-corrected chi connectivity index (χ0v) is 61.1. The number of hydrogen-bond acceptors (Lipinski definition) is 15. The molecule has 7 aliphatic rings. The van der Waals surface area contributed by atoms with Gasteiger partial charge in [0.2, 0.25) is 0 Å². The maximum Gasteiger partial charge on any atom is 0.162 e. The molecule has 2 unspecified atom stereocenters. The number of ether oxygens (including phenoxy) is 5. The van der Waals surface area contributed by atoms with Crippen molar-refractivity contribution < 1.29 is 42.9 Å². The zero-order valence-electron chi connectivity index (χ0n) is 61.1. The number of ketones is 3. The van der Waals surface area contributed by atoms with Gasteiger partial charge in [-0.25, -0.2) is 0 Å². The minimum atomic E-state index is -0.0526. The Morgan fingerprint density at radius 1 is 0.404 bits per heavy atom. The Hall–Kier alpha value is -11.9. The van der Waals surface area contributed by atoms with Crippen molar-refractivity contribution in [1.29, 1.82) is 5.26 Å². The first-order chi connectivity index (χ1) is 50.0. The molecule has 0 bridgehead atoms. The van der Waals surface area contributed by atoms with Crippen molar-refractivity contribution in [3.05, 3.63) is 219 Å². The molecule has 15 heteroatoms. The van der Waals surface area contributed by atoms with Gasteiger partial charge in [-0.1, -0.05) is 30.3 Å². The van der Waals surface area contributed by atoms with Crippen molar-refractivity contribution in [2.24, 2.45) is 0 Å². The number of carbonyl (C=O) groups excluding carboxylic acids is 4. The smallest absolute Gasteiger partial charge is 0.162 e. The van der Waals surface area contributed by atoms with Crippen LogP contribution in [0.25, 0.3) is 84.2 Å². The van der Waals surface area contributed by atoms with Crippen LogP contribution in [0.2, 0.25) is 0 Å². The zero-order chi connectivity index (χ0) is 73.2. The van der Waals surface area contributed by atoms with Gasteiger partial charge in [0.15, 0.2) is 17.3 Å². The molecule has 2 aliphatic carbocycles. The molecule has 0 N–H and O–H groups in total. The van der Waals surface area contributed by atoms with Crippen LogP contribution in [0, 0.1) is 11.3 Å².